The number of thiazole rings is 1. The first-order chi connectivity index (χ1) is 7.75. The lowest BCUT2D eigenvalue weighted by atomic mass is 10.2. The fraction of sp³-hybridized carbons (Fsp3) is 0. The van der Waals surface area contributed by atoms with E-state index in [0.717, 1.165) is 0 Å². The van der Waals surface area contributed by atoms with Crippen LogP contribution in [0, 0.1) is 0 Å². The molecule has 0 saturated carbocycles. The monoisotopic (exact) mass is 234 g/mol. The Balaban J connectivity index is 2.03. The van der Waals surface area contributed by atoms with Gasteiger partial charge in [-0.2, -0.15) is 5.10 Å². The lowest BCUT2D eigenvalue weighted by Gasteiger charge is -1.96. The van der Waals surface area contributed by atoms with Gasteiger partial charge < -0.3 is 10.8 Å². The number of nitrogens with two attached hydrogens (primary N) is 1. The SMILES string of the molecule is Nc1csc(NN=Cc2ccccc2O)n1. The first kappa shape index (κ1) is 10.4. The van der Waals surface area contributed by atoms with Crippen LogP contribution in [0.2, 0.25) is 0 Å². The van der Waals surface area contributed by atoms with Crippen LogP contribution < -0.4 is 11.2 Å². The molecule has 0 saturated heterocycles. The maximum absolute atomic E-state index is 9.46. The Hall–Kier alpha value is -2.08. The largest absolute Gasteiger partial charge is 0.507 e. The molecule has 0 aliphatic carbocycles. The molecular formula is C10H10N4OS. The number of phenols is 1. The Kier molecular flexibility index (Phi) is 3.02. The van der Waals surface area contributed by atoms with Crippen molar-refractivity contribution in [3.05, 3.63) is 35.2 Å². The summed E-state index contributed by atoms with van der Waals surface area (Å²) in [6.45, 7) is 0. The highest BCUT2D eigenvalue weighted by Crippen LogP contribution is 2.16. The Morgan fingerprint density at radius 1 is 1.44 bits per heavy atom. The van der Waals surface area contributed by atoms with E-state index in [1.54, 1.807) is 23.6 Å². The number of nitrogens with one attached hydrogen (secondary N) is 1. The third-order valence-electron chi connectivity index (χ3n) is 1.82. The third kappa shape index (κ3) is 2.48. The van der Waals surface area contributed by atoms with Gasteiger partial charge in [0, 0.05) is 10.9 Å². The molecule has 82 valence electrons. The normalized spacial score (nSPS) is 10.8. The molecule has 6 heteroatoms. The summed E-state index contributed by atoms with van der Waals surface area (Å²) in [6, 6.07) is 6.93. The number of benzene rings is 1. The van der Waals surface area contributed by atoms with E-state index in [1.807, 2.05) is 6.07 Å². The summed E-state index contributed by atoms with van der Waals surface area (Å²) in [7, 11) is 0. The van der Waals surface area contributed by atoms with Gasteiger partial charge in [0.1, 0.15) is 11.6 Å². The van der Waals surface area contributed by atoms with E-state index in [9.17, 15) is 5.11 Å². The van der Waals surface area contributed by atoms with Crippen LogP contribution in [0.15, 0.2) is 34.7 Å². The van der Waals surface area contributed by atoms with Crippen LogP contribution in [0.5, 0.6) is 5.75 Å². The van der Waals surface area contributed by atoms with Crippen molar-refractivity contribution in [3.63, 3.8) is 0 Å². The number of phenolic OH excluding ortho intramolecular Hbond substituents is 1. The molecule has 4 N–H and O–H groups in total. The molecule has 1 heterocycles. The van der Waals surface area contributed by atoms with Gasteiger partial charge >= 0.3 is 0 Å². The van der Waals surface area contributed by atoms with E-state index in [2.05, 4.69) is 15.5 Å². The van der Waals surface area contributed by atoms with Gasteiger partial charge in [0.05, 0.1) is 6.21 Å². The predicted molar refractivity (Wildman–Crippen MR) is 65.8 cm³/mol. The minimum atomic E-state index is 0.187. The first-order valence-electron chi connectivity index (χ1n) is 4.54. The van der Waals surface area contributed by atoms with Crippen LogP contribution in [0.3, 0.4) is 0 Å². The molecule has 0 aliphatic rings. The highest BCUT2D eigenvalue weighted by atomic mass is 32.1. The van der Waals surface area contributed by atoms with Crippen molar-refractivity contribution < 1.29 is 5.11 Å². The zero-order valence-corrected chi connectivity index (χ0v) is 9.11. The highest BCUT2D eigenvalue weighted by Gasteiger charge is 1.96. The molecule has 1 aromatic carbocycles. The van der Waals surface area contributed by atoms with Crippen LogP contribution in [0.25, 0.3) is 0 Å². The van der Waals surface area contributed by atoms with Crippen molar-refractivity contribution in [1.82, 2.24) is 4.98 Å². The topological polar surface area (TPSA) is 83.5 Å². The average molecular weight is 234 g/mol. The van der Waals surface area contributed by atoms with Crippen LogP contribution in [0.1, 0.15) is 5.56 Å². The van der Waals surface area contributed by atoms with Gasteiger partial charge in [-0.05, 0) is 12.1 Å². The summed E-state index contributed by atoms with van der Waals surface area (Å²) >= 11 is 1.37. The molecule has 0 amide bonds. The summed E-state index contributed by atoms with van der Waals surface area (Å²) in [5.41, 5.74) is 8.82. The van der Waals surface area contributed by atoms with E-state index >= 15 is 0 Å². The number of aromatic nitrogens is 1. The van der Waals surface area contributed by atoms with Crippen LogP contribution in [-0.4, -0.2) is 16.3 Å². The number of hydrogen-bond acceptors (Lipinski definition) is 6. The molecule has 2 aromatic rings. The van der Waals surface area contributed by atoms with Crippen molar-refractivity contribution in [3.8, 4) is 5.75 Å². The maximum Gasteiger partial charge on any atom is 0.205 e. The summed E-state index contributed by atoms with van der Waals surface area (Å²) in [4.78, 5) is 3.97. The van der Waals surface area contributed by atoms with E-state index in [1.165, 1.54) is 17.6 Å². The molecule has 16 heavy (non-hydrogen) atoms. The van der Waals surface area contributed by atoms with Gasteiger partial charge in [-0.25, -0.2) is 4.98 Å². The molecule has 0 bridgehead atoms. The Bertz CT molecular complexity index is 509. The first-order valence-corrected chi connectivity index (χ1v) is 5.42. The summed E-state index contributed by atoms with van der Waals surface area (Å²) < 4.78 is 0. The van der Waals surface area contributed by atoms with Crippen molar-refractivity contribution in [1.29, 1.82) is 0 Å². The number of nitrogen functional groups attached to an aromatic ring is 1. The number of hydrogen-bond donors (Lipinski definition) is 3. The molecule has 0 fully saturated rings. The lowest BCUT2D eigenvalue weighted by molar-refractivity contribution is 0.474. The van der Waals surface area contributed by atoms with Gasteiger partial charge in [-0.15, -0.1) is 11.3 Å². The van der Waals surface area contributed by atoms with Gasteiger partial charge in [0.2, 0.25) is 5.13 Å². The number of rotatable bonds is 3. The molecule has 0 aliphatic heterocycles. The van der Waals surface area contributed by atoms with Crippen LogP contribution in [0.4, 0.5) is 10.9 Å². The lowest BCUT2D eigenvalue weighted by Crippen LogP contribution is -1.91. The number of anilines is 2. The fourth-order valence-corrected chi connectivity index (χ4v) is 1.64. The molecule has 2 rings (SSSR count). The van der Waals surface area contributed by atoms with Crippen molar-refractivity contribution >= 4 is 28.5 Å². The fourth-order valence-electron chi connectivity index (χ4n) is 1.09. The summed E-state index contributed by atoms with van der Waals surface area (Å²) in [5, 5.41) is 15.7. The highest BCUT2D eigenvalue weighted by molar-refractivity contribution is 7.14. The Morgan fingerprint density at radius 2 is 2.25 bits per heavy atom. The van der Waals surface area contributed by atoms with Gasteiger partial charge in [-0.3, -0.25) is 5.43 Å². The summed E-state index contributed by atoms with van der Waals surface area (Å²) in [5.74, 6) is 0.650. The van der Waals surface area contributed by atoms with Gasteiger partial charge in [0.15, 0.2) is 0 Å². The molecule has 1 aromatic heterocycles. The average Bonchev–Trinajstić information content (AvgIpc) is 2.67. The van der Waals surface area contributed by atoms with Crippen LogP contribution >= 0.6 is 11.3 Å². The smallest absolute Gasteiger partial charge is 0.205 e. The maximum atomic E-state index is 9.46. The molecule has 0 radical (unpaired) electrons. The molecular weight excluding hydrogens is 224 g/mol. The minimum Gasteiger partial charge on any atom is -0.507 e. The zero-order valence-electron chi connectivity index (χ0n) is 8.29. The molecule has 0 atom stereocenters. The van der Waals surface area contributed by atoms with Crippen molar-refractivity contribution in [2.24, 2.45) is 5.10 Å². The second kappa shape index (κ2) is 4.63. The Labute approximate surface area is 96.3 Å². The predicted octanol–water partition coefficient (Wildman–Crippen LogP) is 1.88. The number of para-hydroxylation sites is 1. The van der Waals surface area contributed by atoms with Crippen molar-refractivity contribution in [2.45, 2.75) is 0 Å². The molecule has 0 spiro atoms. The van der Waals surface area contributed by atoms with E-state index in [0.29, 0.717) is 16.5 Å². The van der Waals surface area contributed by atoms with Crippen molar-refractivity contribution in [2.75, 3.05) is 11.2 Å². The standard InChI is InChI=1S/C10H10N4OS/c11-9-6-16-10(13-9)14-12-5-7-3-1-2-4-8(7)15/h1-6,15H,11H2,(H,13,14). The van der Waals surface area contributed by atoms with E-state index in [-0.39, 0.29) is 5.75 Å². The second-order valence-corrected chi connectivity index (χ2v) is 3.86. The quantitative estimate of drug-likeness (QED) is 0.559. The number of hydrazone groups is 1. The van der Waals surface area contributed by atoms with E-state index in [4.69, 9.17) is 5.73 Å². The summed E-state index contributed by atoms with van der Waals surface area (Å²) in [6.07, 6.45) is 1.52. The number of aromatic hydroxyl groups is 1. The number of nitrogens with zero attached hydrogens (tertiary/aromatic N) is 2. The molecule has 0 unspecified atom stereocenters. The minimum absolute atomic E-state index is 0.187. The Morgan fingerprint density at radius 3 is 2.94 bits per heavy atom. The van der Waals surface area contributed by atoms with Crippen LogP contribution in [-0.2, 0) is 0 Å². The van der Waals surface area contributed by atoms with Gasteiger partial charge in [-0.1, -0.05) is 12.1 Å². The second-order valence-electron chi connectivity index (χ2n) is 3.01. The zero-order chi connectivity index (χ0) is 11.4. The van der Waals surface area contributed by atoms with Gasteiger partial charge in [0.25, 0.3) is 0 Å². The third-order valence-corrected chi connectivity index (χ3v) is 2.59. The molecule has 5 nitrogen and oxygen atoms in total. The van der Waals surface area contributed by atoms with E-state index < -0.39 is 0 Å².